The molecule has 0 fully saturated rings. The largest absolute Gasteiger partial charge is 0.460 e. The molecule has 1 atom stereocenters. The van der Waals surface area contributed by atoms with E-state index in [1.54, 1.807) is 19.9 Å². The highest BCUT2D eigenvalue weighted by atomic mass is 16.5. The molecule has 0 heterocycles. The van der Waals surface area contributed by atoms with Crippen molar-refractivity contribution in [3.05, 3.63) is 12.2 Å². The third-order valence-corrected chi connectivity index (χ3v) is 1.04. The molecule has 0 radical (unpaired) electrons. The van der Waals surface area contributed by atoms with Crippen molar-refractivity contribution >= 4 is 12.0 Å². The van der Waals surface area contributed by atoms with Gasteiger partial charge in [-0.3, -0.25) is 0 Å². The Kier molecular flexibility index (Phi) is 5.57. The fourth-order valence-electron chi connectivity index (χ4n) is 0.514. The van der Waals surface area contributed by atoms with Crippen LogP contribution in [0.15, 0.2) is 17.1 Å². The molecule has 0 spiro atoms. The molecule has 0 aromatic heterocycles. The second kappa shape index (κ2) is 6.31. The van der Waals surface area contributed by atoms with E-state index in [1.807, 2.05) is 0 Å². The third kappa shape index (κ3) is 5.38. The zero-order valence-electron chi connectivity index (χ0n) is 7.11. The van der Waals surface area contributed by atoms with Gasteiger partial charge < -0.3 is 4.74 Å². The Bertz CT molecular complexity index is 216. The molecule has 0 aliphatic heterocycles. The first-order chi connectivity index (χ1) is 5.70. The first-order valence-electron chi connectivity index (χ1n) is 3.57. The molecule has 4 nitrogen and oxygen atoms in total. The molecule has 0 saturated carbocycles. The fraction of sp³-hybridized carbons (Fsp3) is 0.500. The predicted molar refractivity (Wildman–Crippen MR) is 43.4 cm³/mol. The number of hydrogen-bond donors (Lipinski definition) is 0. The standard InChI is InChI=1S/C8H11NO3/c1-3-4-8(11)12-5-7(2)9-6-10/h3-4,7H,5H2,1-2H3. The van der Waals surface area contributed by atoms with Crippen LogP contribution in [0.3, 0.4) is 0 Å². The van der Waals surface area contributed by atoms with Gasteiger partial charge in [0.2, 0.25) is 6.08 Å². The zero-order valence-corrected chi connectivity index (χ0v) is 7.11. The van der Waals surface area contributed by atoms with Crippen LogP contribution in [0.25, 0.3) is 0 Å². The maximum atomic E-state index is 10.7. The van der Waals surface area contributed by atoms with Crippen LogP contribution in [0.1, 0.15) is 13.8 Å². The molecule has 0 amide bonds. The van der Waals surface area contributed by atoms with Crippen molar-refractivity contribution in [3.63, 3.8) is 0 Å². The Labute approximate surface area is 70.9 Å². The predicted octanol–water partition coefficient (Wildman–Crippen LogP) is 0.830. The molecule has 0 aliphatic carbocycles. The number of ether oxygens (including phenoxy) is 1. The summed E-state index contributed by atoms with van der Waals surface area (Å²) in [4.78, 5) is 23.8. The van der Waals surface area contributed by atoms with Crippen molar-refractivity contribution < 1.29 is 14.3 Å². The molecule has 1 unspecified atom stereocenters. The van der Waals surface area contributed by atoms with Crippen LogP contribution in [0.5, 0.6) is 0 Å². The summed E-state index contributed by atoms with van der Waals surface area (Å²) in [5, 5.41) is 0. The first kappa shape index (κ1) is 10.6. The SMILES string of the molecule is CC=CC(=O)OCC(C)N=C=O. The number of carbonyl (C=O) groups excluding carboxylic acids is 2. The van der Waals surface area contributed by atoms with E-state index in [0.717, 1.165) is 0 Å². The van der Waals surface area contributed by atoms with Crippen LogP contribution in [-0.4, -0.2) is 24.7 Å². The normalized spacial score (nSPS) is 12.2. The molecule has 0 N–H and O–H groups in total. The summed E-state index contributed by atoms with van der Waals surface area (Å²) in [7, 11) is 0. The van der Waals surface area contributed by atoms with Crippen LogP contribution in [0.2, 0.25) is 0 Å². The van der Waals surface area contributed by atoms with E-state index in [1.165, 1.54) is 12.2 Å². The number of rotatable bonds is 4. The van der Waals surface area contributed by atoms with E-state index in [9.17, 15) is 9.59 Å². The van der Waals surface area contributed by atoms with E-state index in [2.05, 4.69) is 4.99 Å². The van der Waals surface area contributed by atoms with Crippen molar-refractivity contribution in [3.8, 4) is 0 Å². The zero-order chi connectivity index (χ0) is 9.40. The first-order valence-corrected chi connectivity index (χ1v) is 3.57. The van der Waals surface area contributed by atoms with Crippen molar-refractivity contribution in [2.75, 3.05) is 6.61 Å². The number of hydrogen-bond acceptors (Lipinski definition) is 4. The average molecular weight is 169 g/mol. The molecule has 0 bridgehead atoms. The van der Waals surface area contributed by atoms with Gasteiger partial charge in [-0.2, -0.15) is 4.99 Å². The van der Waals surface area contributed by atoms with Gasteiger partial charge >= 0.3 is 5.97 Å². The summed E-state index contributed by atoms with van der Waals surface area (Å²) in [6, 6.07) is -0.322. The highest BCUT2D eigenvalue weighted by Gasteiger charge is 2.01. The Morgan fingerprint density at radius 2 is 2.42 bits per heavy atom. The molecule has 0 aromatic carbocycles. The molecule has 12 heavy (non-hydrogen) atoms. The van der Waals surface area contributed by atoms with Gasteiger partial charge in [0.1, 0.15) is 6.61 Å². The second-order valence-electron chi connectivity index (χ2n) is 2.20. The maximum Gasteiger partial charge on any atom is 0.330 e. The molecule has 0 saturated heterocycles. The van der Waals surface area contributed by atoms with E-state index >= 15 is 0 Å². The van der Waals surface area contributed by atoms with Crippen molar-refractivity contribution in [2.24, 2.45) is 4.99 Å². The highest BCUT2D eigenvalue weighted by molar-refractivity contribution is 5.81. The van der Waals surface area contributed by atoms with Crippen molar-refractivity contribution in [1.29, 1.82) is 0 Å². The number of carbonyl (C=O) groups is 1. The minimum Gasteiger partial charge on any atom is -0.460 e. The fourth-order valence-corrected chi connectivity index (χ4v) is 0.514. The Morgan fingerprint density at radius 3 is 2.92 bits per heavy atom. The summed E-state index contributed by atoms with van der Waals surface area (Å²) >= 11 is 0. The summed E-state index contributed by atoms with van der Waals surface area (Å²) in [6.45, 7) is 3.49. The van der Waals surface area contributed by atoms with Crippen molar-refractivity contribution in [2.45, 2.75) is 19.9 Å². The Balaban J connectivity index is 3.67. The molecular formula is C8H11NO3. The quantitative estimate of drug-likeness (QED) is 0.271. The lowest BCUT2D eigenvalue weighted by atomic mass is 10.4. The van der Waals surface area contributed by atoms with Gasteiger partial charge in [0.05, 0.1) is 6.04 Å². The number of isocyanates is 1. The highest BCUT2D eigenvalue weighted by Crippen LogP contribution is 1.90. The Morgan fingerprint density at radius 1 is 1.75 bits per heavy atom. The molecular weight excluding hydrogens is 158 g/mol. The molecule has 0 aromatic rings. The van der Waals surface area contributed by atoms with Crippen LogP contribution >= 0.6 is 0 Å². The second-order valence-corrected chi connectivity index (χ2v) is 2.20. The summed E-state index contributed by atoms with van der Waals surface area (Å²) in [6.07, 6.45) is 4.27. The van der Waals surface area contributed by atoms with E-state index < -0.39 is 5.97 Å². The number of aliphatic imine (C=N–C) groups is 1. The molecule has 4 heteroatoms. The summed E-state index contributed by atoms with van der Waals surface area (Å²) < 4.78 is 4.70. The molecule has 0 aliphatic rings. The average Bonchev–Trinajstić information content (AvgIpc) is 2.02. The van der Waals surface area contributed by atoms with Gasteiger partial charge in [0.15, 0.2) is 0 Å². The van der Waals surface area contributed by atoms with E-state index in [4.69, 9.17) is 4.74 Å². The van der Waals surface area contributed by atoms with Gasteiger partial charge in [0.25, 0.3) is 0 Å². The van der Waals surface area contributed by atoms with Gasteiger partial charge in [-0.1, -0.05) is 6.08 Å². The van der Waals surface area contributed by atoms with Crippen LogP contribution in [-0.2, 0) is 14.3 Å². The topological polar surface area (TPSA) is 55.7 Å². The van der Waals surface area contributed by atoms with Crippen LogP contribution in [0.4, 0.5) is 0 Å². The van der Waals surface area contributed by atoms with Gasteiger partial charge in [-0.05, 0) is 13.8 Å². The lowest BCUT2D eigenvalue weighted by molar-refractivity contribution is -0.138. The smallest absolute Gasteiger partial charge is 0.330 e. The van der Waals surface area contributed by atoms with E-state index in [-0.39, 0.29) is 12.6 Å². The molecule has 0 rings (SSSR count). The number of nitrogens with zero attached hydrogens (tertiary/aromatic N) is 1. The van der Waals surface area contributed by atoms with Crippen LogP contribution in [0, 0.1) is 0 Å². The monoisotopic (exact) mass is 169 g/mol. The molecule has 66 valence electrons. The minimum atomic E-state index is -0.426. The number of allylic oxidation sites excluding steroid dienone is 1. The lowest BCUT2D eigenvalue weighted by Gasteiger charge is -2.02. The Hall–Kier alpha value is -1.41. The minimum absolute atomic E-state index is 0.110. The summed E-state index contributed by atoms with van der Waals surface area (Å²) in [5.74, 6) is -0.426. The van der Waals surface area contributed by atoms with Gasteiger partial charge in [-0.25, -0.2) is 9.59 Å². The third-order valence-electron chi connectivity index (χ3n) is 1.04. The van der Waals surface area contributed by atoms with Crippen molar-refractivity contribution in [1.82, 2.24) is 0 Å². The maximum absolute atomic E-state index is 10.7. The van der Waals surface area contributed by atoms with Crippen LogP contribution < -0.4 is 0 Å². The number of esters is 1. The summed E-state index contributed by atoms with van der Waals surface area (Å²) in [5.41, 5.74) is 0. The van der Waals surface area contributed by atoms with Gasteiger partial charge in [0, 0.05) is 6.08 Å². The van der Waals surface area contributed by atoms with Gasteiger partial charge in [-0.15, -0.1) is 0 Å². The van der Waals surface area contributed by atoms with E-state index in [0.29, 0.717) is 0 Å². The lowest BCUT2D eigenvalue weighted by Crippen LogP contribution is -2.12.